The summed E-state index contributed by atoms with van der Waals surface area (Å²) in [6, 6.07) is 3.93. The Hall–Kier alpha value is -1.75. The third-order valence-electron chi connectivity index (χ3n) is 2.69. The fourth-order valence-electron chi connectivity index (χ4n) is 1.66. The summed E-state index contributed by atoms with van der Waals surface area (Å²) in [5, 5.41) is 4.08. The summed E-state index contributed by atoms with van der Waals surface area (Å²) in [4.78, 5) is 0. The maximum absolute atomic E-state index is 13.7. The van der Waals surface area contributed by atoms with E-state index in [9.17, 15) is 8.78 Å². The Bertz CT molecular complexity index is 549. The Morgan fingerprint density at radius 3 is 2.53 bits per heavy atom. The molecule has 0 fully saturated rings. The summed E-state index contributed by atoms with van der Waals surface area (Å²) in [7, 11) is 1.74. The second-order valence-electron chi connectivity index (χ2n) is 3.99. The van der Waals surface area contributed by atoms with Crippen molar-refractivity contribution in [2.45, 2.75) is 13.0 Å². The lowest BCUT2D eigenvalue weighted by Gasteiger charge is -2.11. The van der Waals surface area contributed by atoms with Gasteiger partial charge in [0, 0.05) is 18.8 Å². The monoisotopic (exact) mass is 237 g/mol. The average Bonchev–Trinajstić information content (AvgIpc) is 2.72. The van der Waals surface area contributed by atoms with Crippen LogP contribution in [-0.4, -0.2) is 9.78 Å². The van der Waals surface area contributed by atoms with Gasteiger partial charge in [-0.3, -0.25) is 4.68 Å². The third kappa shape index (κ3) is 2.06. The highest BCUT2D eigenvalue weighted by Crippen LogP contribution is 2.24. The molecular weight excluding hydrogens is 224 g/mol. The van der Waals surface area contributed by atoms with Crippen molar-refractivity contribution in [1.29, 1.82) is 0 Å². The molecule has 1 unspecified atom stereocenters. The van der Waals surface area contributed by atoms with Crippen molar-refractivity contribution in [2.75, 3.05) is 0 Å². The van der Waals surface area contributed by atoms with Crippen LogP contribution in [-0.2, 0) is 7.05 Å². The van der Waals surface area contributed by atoms with Crippen LogP contribution in [0.4, 0.5) is 8.78 Å². The molecule has 3 nitrogen and oxygen atoms in total. The maximum atomic E-state index is 13.7. The SMILES string of the molecule is Cc1ccc(C(N)c2ccn(C)n2)c(F)c1F. The molecule has 2 aromatic rings. The van der Waals surface area contributed by atoms with E-state index >= 15 is 0 Å². The predicted octanol–water partition coefficient (Wildman–Crippen LogP) is 2.05. The van der Waals surface area contributed by atoms with Gasteiger partial charge in [-0.05, 0) is 18.6 Å². The molecule has 0 spiro atoms. The molecular formula is C12H13F2N3. The van der Waals surface area contributed by atoms with Gasteiger partial charge in [0.15, 0.2) is 11.6 Å². The molecule has 0 saturated heterocycles. The molecule has 0 radical (unpaired) electrons. The number of aromatic nitrogens is 2. The first kappa shape index (κ1) is 11.7. The van der Waals surface area contributed by atoms with E-state index in [1.165, 1.54) is 19.1 Å². The summed E-state index contributed by atoms with van der Waals surface area (Å²) >= 11 is 0. The fraction of sp³-hybridized carbons (Fsp3) is 0.250. The van der Waals surface area contributed by atoms with Gasteiger partial charge in [0.05, 0.1) is 11.7 Å². The van der Waals surface area contributed by atoms with Crippen molar-refractivity contribution >= 4 is 0 Å². The Kier molecular flexibility index (Phi) is 2.93. The van der Waals surface area contributed by atoms with Crippen LogP contribution in [0, 0.1) is 18.6 Å². The molecule has 17 heavy (non-hydrogen) atoms. The molecule has 2 N–H and O–H groups in total. The molecule has 0 amide bonds. The number of hydrogen-bond acceptors (Lipinski definition) is 2. The minimum Gasteiger partial charge on any atom is -0.319 e. The molecule has 1 heterocycles. The van der Waals surface area contributed by atoms with Gasteiger partial charge in [0.25, 0.3) is 0 Å². The third-order valence-corrected chi connectivity index (χ3v) is 2.69. The predicted molar refractivity (Wildman–Crippen MR) is 60.3 cm³/mol. The standard InChI is InChI=1S/C12H13F2N3/c1-7-3-4-8(11(14)10(7)13)12(15)9-5-6-17(2)16-9/h3-6,12H,15H2,1-2H3. The van der Waals surface area contributed by atoms with Crippen molar-refractivity contribution in [3.63, 3.8) is 0 Å². The van der Waals surface area contributed by atoms with Crippen LogP contribution >= 0.6 is 0 Å². The molecule has 0 aliphatic carbocycles. The Morgan fingerprint density at radius 1 is 1.24 bits per heavy atom. The second-order valence-corrected chi connectivity index (χ2v) is 3.99. The van der Waals surface area contributed by atoms with E-state index in [2.05, 4.69) is 5.10 Å². The van der Waals surface area contributed by atoms with Crippen molar-refractivity contribution in [1.82, 2.24) is 9.78 Å². The van der Waals surface area contributed by atoms with Crippen molar-refractivity contribution in [2.24, 2.45) is 12.8 Å². The number of aryl methyl sites for hydroxylation is 2. The number of benzene rings is 1. The highest BCUT2D eigenvalue weighted by molar-refractivity contribution is 5.32. The number of halogens is 2. The fourth-order valence-corrected chi connectivity index (χ4v) is 1.66. The van der Waals surface area contributed by atoms with Crippen LogP contribution < -0.4 is 5.73 Å². The van der Waals surface area contributed by atoms with Gasteiger partial charge >= 0.3 is 0 Å². The normalized spacial score (nSPS) is 12.8. The number of nitrogens with two attached hydrogens (primary N) is 1. The molecule has 0 aliphatic rings. The van der Waals surface area contributed by atoms with Crippen LogP contribution in [0.15, 0.2) is 24.4 Å². The van der Waals surface area contributed by atoms with Gasteiger partial charge < -0.3 is 5.73 Å². The van der Waals surface area contributed by atoms with Crippen molar-refractivity contribution < 1.29 is 8.78 Å². The molecule has 2 rings (SSSR count). The summed E-state index contributed by atoms with van der Waals surface area (Å²) in [6.45, 7) is 1.51. The Morgan fingerprint density at radius 2 is 1.94 bits per heavy atom. The van der Waals surface area contributed by atoms with Gasteiger partial charge in [-0.25, -0.2) is 8.78 Å². The summed E-state index contributed by atoms with van der Waals surface area (Å²) < 4.78 is 28.7. The maximum Gasteiger partial charge on any atom is 0.164 e. The second kappa shape index (κ2) is 4.25. The molecule has 90 valence electrons. The minimum atomic E-state index is -0.900. The topological polar surface area (TPSA) is 43.8 Å². The van der Waals surface area contributed by atoms with Gasteiger partial charge in [0.1, 0.15) is 0 Å². The first-order chi connectivity index (χ1) is 8.00. The van der Waals surface area contributed by atoms with E-state index in [1.807, 2.05) is 0 Å². The van der Waals surface area contributed by atoms with E-state index < -0.39 is 17.7 Å². The van der Waals surface area contributed by atoms with Crippen molar-refractivity contribution in [3.05, 3.63) is 52.9 Å². The highest BCUT2D eigenvalue weighted by Gasteiger charge is 2.19. The van der Waals surface area contributed by atoms with Gasteiger partial charge in [0.2, 0.25) is 0 Å². The number of nitrogens with zero attached hydrogens (tertiary/aromatic N) is 2. The molecule has 0 bridgehead atoms. The zero-order valence-corrected chi connectivity index (χ0v) is 9.61. The van der Waals surface area contributed by atoms with E-state index in [0.717, 1.165) is 0 Å². The van der Waals surface area contributed by atoms with E-state index in [-0.39, 0.29) is 11.1 Å². The zero-order valence-electron chi connectivity index (χ0n) is 9.61. The lowest BCUT2D eigenvalue weighted by Crippen LogP contribution is -2.15. The molecule has 1 aromatic carbocycles. The van der Waals surface area contributed by atoms with Gasteiger partial charge in [-0.15, -0.1) is 0 Å². The van der Waals surface area contributed by atoms with Crippen LogP contribution in [0.3, 0.4) is 0 Å². The molecule has 0 aliphatic heterocycles. The average molecular weight is 237 g/mol. The van der Waals surface area contributed by atoms with E-state index in [1.54, 1.807) is 24.0 Å². The molecule has 5 heteroatoms. The van der Waals surface area contributed by atoms with E-state index in [4.69, 9.17) is 5.73 Å². The lowest BCUT2D eigenvalue weighted by atomic mass is 10.0. The molecule has 0 saturated carbocycles. The van der Waals surface area contributed by atoms with Crippen LogP contribution in [0.5, 0.6) is 0 Å². The largest absolute Gasteiger partial charge is 0.319 e. The quantitative estimate of drug-likeness (QED) is 0.868. The molecule has 1 aromatic heterocycles. The summed E-state index contributed by atoms with van der Waals surface area (Å²) in [6.07, 6.45) is 1.71. The Labute approximate surface area is 97.9 Å². The molecule has 1 atom stereocenters. The van der Waals surface area contributed by atoms with Gasteiger partial charge in [-0.2, -0.15) is 5.10 Å². The number of rotatable bonds is 2. The lowest BCUT2D eigenvalue weighted by molar-refractivity contribution is 0.488. The smallest absolute Gasteiger partial charge is 0.164 e. The number of hydrogen-bond donors (Lipinski definition) is 1. The first-order valence-electron chi connectivity index (χ1n) is 5.20. The Balaban J connectivity index is 2.44. The van der Waals surface area contributed by atoms with Gasteiger partial charge in [-0.1, -0.05) is 12.1 Å². The van der Waals surface area contributed by atoms with E-state index in [0.29, 0.717) is 5.69 Å². The minimum absolute atomic E-state index is 0.117. The van der Waals surface area contributed by atoms with Crippen LogP contribution in [0.25, 0.3) is 0 Å². The highest BCUT2D eigenvalue weighted by atomic mass is 19.2. The van der Waals surface area contributed by atoms with Crippen LogP contribution in [0.1, 0.15) is 22.9 Å². The first-order valence-corrected chi connectivity index (χ1v) is 5.20. The van der Waals surface area contributed by atoms with Crippen molar-refractivity contribution in [3.8, 4) is 0 Å². The summed E-state index contributed by atoms with van der Waals surface area (Å²) in [5.74, 6) is -1.75. The zero-order chi connectivity index (χ0) is 12.6. The van der Waals surface area contributed by atoms with Crippen LogP contribution in [0.2, 0.25) is 0 Å². The summed E-state index contributed by atoms with van der Waals surface area (Å²) in [5.41, 5.74) is 6.76.